The van der Waals surface area contributed by atoms with Crippen LogP contribution in [0.4, 0.5) is 13.2 Å². The Morgan fingerprint density at radius 1 is 1.39 bits per heavy atom. The van der Waals surface area contributed by atoms with Gasteiger partial charge in [0.1, 0.15) is 6.04 Å². The zero-order valence-electron chi connectivity index (χ0n) is 9.38. The van der Waals surface area contributed by atoms with Crippen molar-refractivity contribution < 1.29 is 18.0 Å². The van der Waals surface area contributed by atoms with Gasteiger partial charge in [-0.25, -0.2) is 4.98 Å². The van der Waals surface area contributed by atoms with Crippen LogP contribution < -0.4 is 5.32 Å². The zero-order valence-corrected chi connectivity index (χ0v) is 9.38. The van der Waals surface area contributed by atoms with Crippen LogP contribution in [0.2, 0.25) is 0 Å². The molecule has 7 heteroatoms. The van der Waals surface area contributed by atoms with Gasteiger partial charge < -0.3 is 10.3 Å². The van der Waals surface area contributed by atoms with Gasteiger partial charge in [0, 0.05) is 0 Å². The average Bonchev–Trinajstić information content (AvgIpc) is 2.71. The number of hydrogen-bond donors (Lipinski definition) is 2. The van der Waals surface area contributed by atoms with Gasteiger partial charge in [-0.1, -0.05) is 12.1 Å². The third-order valence-electron chi connectivity index (χ3n) is 2.44. The molecule has 0 aliphatic heterocycles. The molecule has 0 bridgehead atoms. The van der Waals surface area contributed by atoms with Gasteiger partial charge in [-0.2, -0.15) is 13.2 Å². The van der Waals surface area contributed by atoms with Gasteiger partial charge in [-0.15, -0.1) is 0 Å². The van der Waals surface area contributed by atoms with E-state index in [1.807, 2.05) is 5.32 Å². The molecule has 1 aromatic heterocycles. The Morgan fingerprint density at radius 3 is 2.67 bits per heavy atom. The lowest BCUT2D eigenvalue weighted by Gasteiger charge is -2.16. The van der Waals surface area contributed by atoms with Gasteiger partial charge in [0.05, 0.1) is 11.0 Å². The fourth-order valence-electron chi connectivity index (χ4n) is 1.41. The van der Waals surface area contributed by atoms with Gasteiger partial charge >= 0.3 is 6.18 Å². The molecule has 0 saturated heterocycles. The second-order valence-corrected chi connectivity index (χ2v) is 3.84. The molecular weight excluding hydrogens is 247 g/mol. The SMILES string of the molecule is C[C@@H](NC(=O)c1nc2ccccc2[nH]1)C(F)(F)F. The Hall–Kier alpha value is -2.05. The number of H-pyrrole nitrogens is 1. The van der Waals surface area contributed by atoms with Crippen LogP contribution in [0, 0.1) is 0 Å². The molecular formula is C11H10F3N3O. The highest BCUT2D eigenvalue weighted by Gasteiger charge is 2.37. The number of carbonyl (C=O) groups excluding carboxylic acids is 1. The number of halogens is 3. The minimum Gasteiger partial charge on any atom is -0.338 e. The summed E-state index contributed by atoms with van der Waals surface area (Å²) in [6.07, 6.45) is -4.47. The molecule has 0 spiro atoms. The first-order chi connectivity index (χ1) is 8.38. The molecule has 0 unspecified atom stereocenters. The molecule has 1 amide bonds. The normalized spacial score (nSPS) is 13.6. The number of rotatable bonds is 2. The zero-order chi connectivity index (χ0) is 13.3. The van der Waals surface area contributed by atoms with Gasteiger partial charge in [-0.3, -0.25) is 4.79 Å². The lowest BCUT2D eigenvalue weighted by Crippen LogP contribution is -2.43. The first-order valence-electron chi connectivity index (χ1n) is 5.20. The molecule has 1 heterocycles. The Morgan fingerprint density at radius 2 is 2.06 bits per heavy atom. The molecule has 0 saturated carbocycles. The van der Waals surface area contributed by atoms with Crippen LogP contribution in [-0.2, 0) is 0 Å². The van der Waals surface area contributed by atoms with Crippen LogP contribution >= 0.6 is 0 Å². The highest BCUT2D eigenvalue weighted by molar-refractivity contribution is 5.94. The van der Waals surface area contributed by atoms with E-state index in [1.165, 1.54) is 0 Å². The van der Waals surface area contributed by atoms with E-state index in [0.717, 1.165) is 6.92 Å². The summed E-state index contributed by atoms with van der Waals surface area (Å²) in [5, 5.41) is 1.84. The van der Waals surface area contributed by atoms with E-state index in [1.54, 1.807) is 24.3 Å². The number of aromatic nitrogens is 2. The Balaban J connectivity index is 2.19. The molecule has 0 aliphatic rings. The maximum Gasteiger partial charge on any atom is 0.408 e. The number of nitrogens with zero attached hydrogens (tertiary/aromatic N) is 1. The van der Waals surface area contributed by atoms with Gasteiger partial charge in [0.15, 0.2) is 5.82 Å². The van der Waals surface area contributed by atoms with E-state index >= 15 is 0 Å². The quantitative estimate of drug-likeness (QED) is 0.866. The molecule has 0 radical (unpaired) electrons. The Kier molecular flexibility index (Phi) is 2.98. The van der Waals surface area contributed by atoms with Crippen molar-refractivity contribution in [2.45, 2.75) is 19.1 Å². The number of nitrogens with one attached hydrogen (secondary N) is 2. The summed E-state index contributed by atoms with van der Waals surface area (Å²) >= 11 is 0. The predicted octanol–water partition coefficient (Wildman–Crippen LogP) is 2.24. The van der Waals surface area contributed by atoms with Crippen molar-refractivity contribution in [2.75, 3.05) is 0 Å². The molecule has 2 aromatic rings. The summed E-state index contributed by atoms with van der Waals surface area (Å²) < 4.78 is 36.9. The standard InChI is InChI=1S/C11H10F3N3O/c1-6(11(12,13)14)15-10(18)9-16-7-4-2-3-5-8(7)17-9/h2-6H,1H3,(H,15,18)(H,16,17)/t6-/m1/s1. The largest absolute Gasteiger partial charge is 0.408 e. The second-order valence-electron chi connectivity index (χ2n) is 3.84. The highest BCUT2D eigenvalue weighted by atomic mass is 19.4. The molecule has 18 heavy (non-hydrogen) atoms. The van der Waals surface area contributed by atoms with Crippen LogP contribution in [0.15, 0.2) is 24.3 Å². The summed E-state index contributed by atoms with van der Waals surface area (Å²) in [4.78, 5) is 18.1. The number of alkyl halides is 3. The maximum atomic E-state index is 12.3. The minimum absolute atomic E-state index is 0.132. The summed E-state index contributed by atoms with van der Waals surface area (Å²) in [6.45, 7) is 0.876. The first kappa shape index (κ1) is 12.4. The molecule has 4 nitrogen and oxygen atoms in total. The summed E-state index contributed by atoms with van der Waals surface area (Å²) in [5.41, 5.74) is 1.13. The van der Waals surface area contributed by atoms with E-state index in [2.05, 4.69) is 9.97 Å². The van der Waals surface area contributed by atoms with E-state index in [9.17, 15) is 18.0 Å². The third kappa shape index (κ3) is 2.44. The number of imidazole rings is 1. The minimum atomic E-state index is -4.47. The third-order valence-corrected chi connectivity index (χ3v) is 2.44. The number of carbonyl (C=O) groups is 1. The van der Waals surface area contributed by atoms with Gasteiger partial charge in [-0.05, 0) is 19.1 Å². The van der Waals surface area contributed by atoms with Gasteiger partial charge in [0.2, 0.25) is 0 Å². The topological polar surface area (TPSA) is 57.8 Å². The predicted molar refractivity (Wildman–Crippen MR) is 59.1 cm³/mol. The second kappa shape index (κ2) is 4.32. The number of para-hydroxylation sites is 2. The van der Waals surface area contributed by atoms with Crippen LogP contribution in [0.3, 0.4) is 0 Å². The fraction of sp³-hybridized carbons (Fsp3) is 0.273. The van der Waals surface area contributed by atoms with Crippen molar-refractivity contribution in [2.24, 2.45) is 0 Å². The average molecular weight is 257 g/mol. The number of aromatic amines is 1. The maximum absolute atomic E-state index is 12.3. The van der Waals surface area contributed by atoms with Crippen molar-refractivity contribution in [3.63, 3.8) is 0 Å². The van der Waals surface area contributed by atoms with Crippen molar-refractivity contribution in [1.29, 1.82) is 0 Å². The fourth-order valence-corrected chi connectivity index (χ4v) is 1.41. The van der Waals surface area contributed by atoms with E-state index in [0.29, 0.717) is 11.0 Å². The Labute approximate surface area is 100 Å². The molecule has 96 valence electrons. The van der Waals surface area contributed by atoms with Gasteiger partial charge in [0.25, 0.3) is 5.91 Å². The highest BCUT2D eigenvalue weighted by Crippen LogP contribution is 2.20. The summed E-state index contributed by atoms with van der Waals surface area (Å²) in [6, 6.07) is 4.89. The van der Waals surface area contributed by atoms with Crippen molar-refractivity contribution in [1.82, 2.24) is 15.3 Å². The van der Waals surface area contributed by atoms with Crippen LogP contribution in [0.1, 0.15) is 17.5 Å². The number of fused-ring (bicyclic) bond motifs is 1. The van der Waals surface area contributed by atoms with Crippen LogP contribution in [0.5, 0.6) is 0 Å². The molecule has 0 fully saturated rings. The summed E-state index contributed by atoms with van der Waals surface area (Å²) in [5.74, 6) is -1.01. The van der Waals surface area contributed by atoms with Crippen molar-refractivity contribution in [3.05, 3.63) is 30.1 Å². The van der Waals surface area contributed by atoms with Crippen molar-refractivity contribution in [3.8, 4) is 0 Å². The lowest BCUT2D eigenvalue weighted by molar-refractivity contribution is -0.149. The number of benzene rings is 1. The van der Waals surface area contributed by atoms with Crippen LogP contribution in [-0.4, -0.2) is 28.1 Å². The molecule has 1 atom stereocenters. The lowest BCUT2D eigenvalue weighted by atomic mass is 10.3. The van der Waals surface area contributed by atoms with E-state index in [4.69, 9.17) is 0 Å². The number of hydrogen-bond acceptors (Lipinski definition) is 2. The Bertz CT molecular complexity index is 543. The van der Waals surface area contributed by atoms with Crippen LogP contribution in [0.25, 0.3) is 11.0 Å². The summed E-state index contributed by atoms with van der Waals surface area (Å²) in [7, 11) is 0. The van der Waals surface area contributed by atoms with Crippen molar-refractivity contribution >= 4 is 16.9 Å². The number of amides is 1. The molecule has 0 aliphatic carbocycles. The van der Waals surface area contributed by atoms with E-state index < -0.39 is 18.1 Å². The first-order valence-corrected chi connectivity index (χ1v) is 5.20. The molecule has 1 aromatic carbocycles. The van der Waals surface area contributed by atoms with E-state index in [-0.39, 0.29) is 5.82 Å². The smallest absolute Gasteiger partial charge is 0.338 e. The molecule has 2 N–H and O–H groups in total. The monoisotopic (exact) mass is 257 g/mol. The molecule has 2 rings (SSSR count).